The molecule has 0 radical (unpaired) electrons. The SMILES string of the molecule is COc1ccc(C(N)c2cc(C)c(Br)cc2C)cc1Br. The maximum absolute atomic E-state index is 6.42. The number of methoxy groups -OCH3 is 1. The molecule has 0 bridgehead atoms. The lowest BCUT2D eigenvalue weighted by Crippen LogP contribution is -2.13. The van der Waals surface area contributed by atoms with Gasteiger partial charge in [-0.05, 0) is 70.2 Å². The molecule has 0 aromatic heterocycles. The third-order valence-corrected chi connectivity index (χ3v) is 4.89. The highest BCUT2D eigenvalue weighted by Crippen LogP contribution is 2.32. The molecular weight excluding hydrogens is 382 g/mol. The van der Waals surface area contributed by atoms with Crippen LogP contribution in [0.3, 0.4) is 0 Å². The van der Waals surface area contributed by atoms with Crippen LogP contribution in [0, 0.1) is 13.8 Å². The molecule has 0 amide bonds. The summed E-state index contributed by atoms with van der Waals surface area (Å²) < 4.78 is 7.28. The maximum Gasteiger partial charge on any atom is 0.133 e. The highest BCUT2D eigenvalue weighted by Gasteiger charge is 2.14. The lowest BCUT2D eigenvalue weighted by molar-refractivity contribution is 0.412. The van der Waals surface area contributed by atoms with E-state index in [-0.39, 0.29) is 6.04 Å². The van der Waals surface area contributed by atoms with Crippen LogP contribution in [0.2, 0.25) is 0 Å². The molecule has 20 heavy (non-hydrogen) atoms. The van der Waals surface area contributed by atoms with Crippen molar-refractivity contribution >= 4 is 31.9 Å². The molecule has 0 fully saturated rings. The van der Waals surface area contributed by atoms with E-state index in [0.717, 1.165) is 25.8 Å². The van der Waals surface area contributed by atoms with E-state index >= 15 is 0 Å². The molecule has 1 atom stereocenters. The van der Waals surface area contributed by atoms with Gasteiger partial charge < -0.3 is 10.5 Å². The number of hydrogen-bond acceptors (Lipinski definition) is 2. The number of nitrogens with two attached hydrogens (primary N) is 1. The van der Waals surface area contributed by atoms with Crippen molar-refractivity contribution in [1.82, 2.24) is 0 Å². The van der Waals surface area contributed by atoms with Gasteiger partial charge in [-0.3, -0.25) is 0 Å². The molecule has 2 aromatic carbocycles. The van der Waals surface area contributed by atoms with E-state index in [0.29, 0.717) is 0 Å². The highest BCUT2D eigenvalue weighted by atomic mass is 79.9. The fourth-order valence-corrected chi connectivity index (χ4v) is 3.21. The maximum atomic E-state index is 6.42. The molecule has 0 spiro atoms. The predicted octanol–water partition coefficient (Wildman–Crippen LogP) is 4.89. The van der Waals surface area contributed by atoms with E-state index in [9.17, 15) is 0 Å². The molecular formula is C16H17Br2NO. The zero-order valence-electron chi connectivity index (χ0n) is 11.7. The van der Waals surface area contributed by atoms with Crippen LogP contribution in [0.25, 0.3) is 0 Å². The number of aryl methyl sites for hydroxylation is 2. The van der Waals surface area contributed by atoms with Crippen LogP contribution in [-0.4, -0.2) is 7.11 Å². The Kier molecular flexibility index (Phi) is 4.89. The van der Waals surface area contributed by atoms with Gasteiger partial charge in [0.2, 0.25) is 0 Å². The van der Waals surface area contributed by atoms with Gasteiger partial charge in [-0.15, -0.1) is 0 Å². The molecule has 0 aliphatic rings. The van der Waals surface area contributed by atoms with Crippen molar-refractivity contribution in [2.24, 2.45) is 5.73 Å². The van der Waals surface area contributed by atoms with Crippen molar-refractivity contribution in [3.05, 3.63) is 61.5 Å². The number of ether oxygens (including phenoxy) is 1. The first-order valence-electron chi connectivity index (χ1n) is 6.29. The van der Waals surface area contributed by atoms with Crippen LogP contribution in [0.4, 0.5) is 0 Å². The van der Waals surface area contributed by atoms with Crippen LogP contribution < -0.4 is 10.5 Å². The van der Waals surface area contributed by atoms with Crippen molar-refractivity contribution in [3.8, 4) is 5.75 Å². The second-order valence-electron chi connectivity index (χ2n) is 4.83. The Morgan fingerprint density at radius 1 is 1.00 bits per heavy atom. The van der Waals surface area contributed by atoms with Crippen LogP contribution in [-0.2, 0) is 0 Å². The Labute approximate surface area is 136 Å². The molecule has 0 saturated heterocycles. The molecule has 4 heteroatoms. The second kappa shape index (κ2) is 6.29. The summed E-state index contributed by atoms with van der Waals surface area (Å²) >= 11 is 7.06. The molecule has 2 rings (SSSR count). The van der Waals surface area contributed by atoms with Crippen molar-refractivity contribution in [2.75, 3.05) is 7.11 Å². The van der Waals surface area contributed by atoms with Crippen LogP contribution in [0.1, 0.15) is 28.3 Å². The van der Waals surface area contributed by atoms with E-state index < -0.39 is 0 Å². The Morgan fingerprint density at radius 3 is 2.30 bits per heavy atom. The van der Waals surface area contributed by atoms with Crippen LogP contribution >= 0.6 is 31.9 Å². The predicted molar refractivity (Wildman–Crippen MR) is 90.3 cm³/mol. The van der Waals surface area contributed by atoms with E-state index in [4.69, 9.17) is 10.5 Å². The summed E-state index contributed by atoms with van der Waals surface area (Å²) in [5.74, 6) is 0.810. The van der Waals surface area contributed by atoms with Crippen molar-refractivity contribution in [1.29, 1.82) is 0 Å². The number of benzene rings is 2. The lowest BCUT2D eigenvalue weighted by atomic mass is 9.94. The van der Waals surface area contributed by atoms with E-state index in [1.165, 1.54) is 11.1 Å². The Bertz CT molecular complexity index is 641. The normalized spacial score (nSPS) is 12.3. The first-order valence-corrected chi connectivity index (χ1v) is 7.88. The number of halogens is 2. The third kappa shape index (κ3) is 3.08. The smallest absolute Gasteiger partial charge is 0.133 e. The summed E-state index contributed by atoms with van der Waals surface area (Å²) in [5, 5.41) is 0. The lowest BCUT2D eigenvalue weighted by Gasteiger charge is -2.18. The minimum atomic E-state index is -0.149. The molecule has 0 aliphatic carbocycles. The minimum Gasteiger partial charge on any atom is -0.496 e. The summed E-state index contributed by atoms with van der Waals surface area (Å²) in [6, 6.07) is 10.1. The average molecular weight is 399 g/mol. The number of hydrogen-bond donors (Lipinski definition) is 1. The zero-order valence-corrected chi connectivity index (χ0v) is 14.9. The van der Waals surface area contributed by atoms with Gasteiger partial charge in [0.1, 0.15) is 5.75 Å². The van der Waals surface area contributed by atoms with Crippen molar-refractivity contribution < 1.29 is 4.74 Å². The first kappa shape index (κ1) is 15.5. The molecule has 2 N–H and O–H groups in total. The Morgan fingerprint density at radius 2 is 1.70 bits per heavy atom. The third-order valence-electron chi connectivity index (χ3n) is 3.42. The summed E-state index contributed by atoms with van der Waals surface area (Å²) in [6.07, 6.45) is 0. The van der Waals surface area contributed by atoms with Crippen LogP contribution in [0.15, 0.2) is 39.3 Å². The Balaban J connectivity index is 2.43. The largest absolute Gasteiger partial charge is 0.496 e. The fourth-order valence-electron chi connectivity index (χ4n) is 2.19. The van der Waals surface area contributed by atoms with E-state index in [1.807, 2.05) is 18.2 Å². The monoisotopic (exact) mass is 397 g/mol. The minimum absolute atomic E-state index is 0.149. The van der Waals surface area contributed by atoms with Crippen LogP contribution in [0.5, 0.6) is 5.75 Å². The van der Waals surface area contributed by atoms with Gasteiger partial charge in [0.25, 0.3) is 0 Å². The highest BCUT2D eigenvalue weighted by molar-refractivity contribution is 9.10. The van der Waals surface area contributed by atoms with Gasteiger partial charge in [0.05, 0.1) is 17.6 Å². The quantitative estimate of drug-likeness (QED) is 0.799. The topological polar surface area (TPSA) is 35.2 Å². The molecule has 106 valence electrons. The summed E-state index contributed by atoms with van der Waals surface area (Å²) in [4.78, 5) is 0. The standard InChI is InChI=1S/C16H17Br2NO/c1-9-7-13(17)10(2)6-12(9)16(19)11-4-5-15(20-3)14(18)8-11/h4-8,16H,19H2,1-3H3. The van der Waals surface area contributed by atoms with Gasteiger partial charge in [-0.2, -0.15) is 0 Å². The van der Waals surface area contributed by atoms with E-state index in [1.54, 1.807) is 7.11 Å². The molecule has 2 aromatic rings. The average Bonchev–Trinajstić information content (AvgIpc) is 2.42. The second-order valence-corrected chi connectivity index (χ2v) is 6.54. The fraction of sp³-hybridized carbons (Fsp3) is 0.250. The van der Waals surface area contributed by atoms with Crippen molar-refractivity contribution in [3.63, 3.8) is 0 Å². The molecule has 0 heterocycles. The summed E-state index contributed by atoms with van der Waals surface area (Å²) in [7, 11) is 1.65. The molecule has 2 nitrogen and oxygen atoms in total. The first-order chi connectivity index (χ1) is 9.43. The van der Waals surface area contributed by atoms with Gasteiger partial charge in [0.15, 0.2) is 0 Å². The van der Waals surface area contributed by atoms with Gasteiger partial charge in [-0.25, -0.2) is 0 Å². The Hall–Kier alpha value is -0.840. The molecule has 0 aliphatic heterocycles. The van der Waals surface area contributed by atoms with Gasteiger partial charge >= 0.3 is 0 Å². The van der Waals surface area contributed by atoms with Gasteiger partial charge in [-0.1, -0.05) is 28.1 Å². The van der Waals surface area contributed by atoms with E-state index in [2.05, 4.69) is 57.8 Å². The molecule has 1 unspecified atom stereocenters. The zero-order chi connectivity index (χ0) is 14.9. The summed E-state index contributed by atoms with van der Waals surface area (Å²) in [5.41, 5.74) is 11.0. The number of rotatable bonds is 3. The summed E-state index contributed by atoms with van der Waals surface area (Å²) in [6.45, 7) is 4.15. The van der Waals surface area contributed by atoms with Gasteiger partial charge in [0, 0.05) is 4.47 Å². The molecule has 0 saturated carbocycles. The van der Waals surface area contributed by atoms with Crippen molar-refractivity contribution in [2.45, 2.75) is 19.9 Å².